The zero-order chi connectivity index (χ0) is 19.2. The van der Waals surface area contributed by atoms with Gasteiger partial charge in [-0.1, -0.05) is 51.1 Å². The number of hydrogen-bond donors (Lipinski definition) is 1. The maximum Gasteiger partial charge on any atom is 0.234 e. The Morgan fingerprint density at radius 3 is 2.33 bits per heavy atom. The number of carbonyl (C=O) groups is 1. The van der Waals surface area contributed by atoms with Crippen molar-refractivity contribution in [3.05, 3.63) is 64.2 Å². The van der Waals surface area contributed by atoms with Gasteiger partial charge in [0.05, 0.1) is 5.75 Å². The zero-order valence-corrected chi connectivity index (χ0v) is 17.6. The number of amides is 1. The summed E-state index contributed by atoms with van der Waals surface area (Å²) in [6.07, 6.45) is 4.55. The molecule has 4 rings (SSSR count). The maximum absolute atomic E-state index is 12.6. The summed E-state index contributed by atoms with van der Waals surface area (Å²) in [5, 5.41) is 3.26. The van der Waals surface area contributed by atoms with E-state index in [1.807, 2.05) is 0 Å². The van der Waals surface area contributed by atoms with Crippen molar-refractivity contribution < 1.29 is 4.79 Å². The van der Waals surface area contributed by atoms with Crippen molar-refractivity contribution in [2.24, 2.45) is 0 Å². The highest BCUT2D eigenvalue weighted by Crippen LogP contribution is 2.55. The molecule has 1 N–H and O–H groups in total. The molecular weight excluding hydrogens is 350 g/mol. The lowest BCUT2D eigenvalue weighted by Gasteiger charge is -2.30. The lowest BCUT2D eigenvalue weighted by Crippen LogP contribution is -2.26. The quantitative estimate of drug-likeness (QED) is 0.747. The van der Waals surface area contributed by atoms with Gasteiger partial charge in [-0.25, -0.2) is 0 Å². The second-order valence-electron chi connectivity index (χ2n) is 8.98. The molecule has 0 bridgehead atoms. The SMILES string of the molecule is Cc1cccc2c1[C@@]1(CC2)CCc2cccc(NC(=O)CSC(C)(C)C)c21. The van der Waals surface area contributed by atoms with E-state index in [9.17, 15) is 4.79 Å². The van der Waals surface area contributed by atoms with Crippen LogP contribution in [0.2, 0.25) is 0 Å². The van der Waals surface area contributed by atoms with Crippen molar-refractivity contribution >= 4 is 23.4 Å². The second-order valence-corrected chi connectivity index (χ2v) is 10.8. The Balaban J connectivity index is 1.70. The lowest BCUT2D eigenvalue weighted by atomic mass is 9.74. The first-order valence-electron chi connectivity index (χ1n) is 9.95. The summed E-state index contributed by atoms with van der Waals surface area (Å²) >= 11 is 1.70. The monoisotopic (exact) mass is 379 g/mol. The van der Waals surface area contributed by atoms with Gasteiger partial charge in [0.25, 0.3) is 0 Å². The molecular formula is C24H29NOS. The largest absolute Gasteiger partial charge is 0.325 e. The third-order valence-corrected chi connectivity index (χ3v) is 7.29. The van der Waals surface area contributed by atoms with Gasteiger partial charge in [0.15, 0.2) is 0 Å². The number of hydrogen-bond acceptors (Lipinski definition) is 2. The van der Waals surface area contributed by atoms with Crippen molar-refractivity contribution in [3.8, 4) is 0 Å². The van der Waals surface area contributed by atoms with E-state index in [1.165, 1.54) is 27.8 Å². The van der Waals surface area contributed by atoms with Gasteiger partial charge in [0, 0.05) is 15.8 Å². The average molecular weight is 380 g/mol. The molecule has 2 nitrogen and oxygen atoms in total. The molecule has 0 saturated heterocycles. The fourth-order valence-electron chi connectivity index (χ4n) is 5.01. The maximum atomic E-state index is 12.6. The van der Waals surface area contributed by atoms with Gasteiger partial charge in [0.2, 0.25) is 5.91 Å². The number of benzene rings is 2. The van der Waals surface area contributed by atoms with E-state index in [0.29, 0.717) is 5.75 Å². The first-order valence-corrected chi connectivity index (χ1v) is 10.9. The van der Waals surface area contributed by atoms with E-state index >= 15 is 0 Å². The van der Waals surface area contributed by atoms with E-state index in [0.717, 1.165) is 31.4 Å². The minimum absolute atomic E-state index is 0.0804. The molecule has 0 aromatic heterocycles. The predicted octanol–water partition coefficient (Wildman–Crippen LogP) is 5.64. The van der Waals surface area contributed by atoms with Crippen molar-refractivity contribution in [1.29, 1.82) is 0 Å². The van der Waals surface area contributed by atoms with Gasteiger partial charge >= 0.3 is 0 Å². The first kappa shape index (κ1) is 18.6. The number of aryl methyl sites for hydroxylation is 3. The number of anilines is 1. The molecule has 0 aliphatic heterocycles. The van der Waals surface area contributed by atoms with E-state index < -0.39 is 0 Å². The fraction of sp³-hybridized carbons (Fsp3) is 0.458. The Morgan fingerprint density at radius 1 is 1.04 bits per heavy atom. The zero-order valence-electron chi connectivity index (χ0n) is 16.8. The molecule has 142 valence electrons. The molecule has 1 spiro atoms. The van der Waals surface area contributed by atoms with Crippen LogP contribution in [0, 0.1) is 6.92 Å². The number of rotatable bonds is 3. The standard InChI is InChI=1S/C24H29NOS/c1-16-7-5-8-17-11-13-24(21(16)17)14-12-18-9-6-10-19(22(18)24)25-20(26)15-27-23(2,3)4/h5-10H,11-15H2,1-4H3,(H,25,26)/t24-/m1/s1. The van der Waals surface area contributed by atoms with E-state index in [2.05, 4.69) is 69.4 Å². The van der Waals surface area contributed by atoms with Crippen LogP contribution >= 0.6 is 11.8 Å². The minimum atomic E-state index is 0.0804. The molecule has 0 unspecified atom stereocenters. The van der Waals surface area contributed by atoms with Crippen LogP contribution in [-0.4, -0.2) is 16.4 Å². The molecule has 0 saturated carbocycles. The molecule has 2 aromatic rings. The summed E-state index contributed by atoms with van der Waals surface area (Å²) in [5.41, 5.74) is 8.31. The highest BCUT2D eigenvalue weighted by atomic mass is 32.2. The number of thioether (sulfide) groups is 1. The normalized spacial score (nSPS) is 20.6. The van der Waals surface area contributed by atoms with Gasteiger partial charge in [-0.2, -0.15) is 0 Å². The third kappa shape index (κ3) is 3.31. The summed E-state index contributed by atoms with van der Waals surface area (Å²) in [7, 11) is 0. The summed E-state index contributed by atoms with van der Waals surface area (Å²) in [4.78, 5) is 12.6. The van der Waals surface area contributed by atoms with Crippen LogP contribution in [0.4, 0.5) is 5.69 Å². The second kappa shape index (κ2) is 6.70. The van der Waals surface area contributed by atoms with E-state index in [-0.39, 0.29) is 16.1 Å². The number of nitrogens with one attached hydrogen (secondary N) is 1. The molecule has 0 heterocycles. The topological polar surface area (TPSA) is 29.1 Å². The summed E-state index contributed by atoms with van der Waals surface area (Å²) in [5.74, 6) is 0.601. The van der Waals surface area contributed by atoms with Crippen LogP contribution < -0.4 is 5.32 Å². The van der Waals surface area contributed by atoms with Gasteiger partial charge in [-0.3, -0.25) is 4.79 Å². The Hall–Kier alpha value is -1.74. The van der Waals surface area contributed by atoms with Crippen molar-refractivity contribution in [2.45, 2.75) is 63.5 Å². The number of carbonyl (C=O) groups excluding carboxylic acids is 1. The van der Waals surface area contributed by atoms with Gasteiger partial charge in [-0.15, -0.1) is 11.8 Å². The van der Waals surface area contributed by atoms with Crippen molar-refractivity contribution in [1.82, 2.24) is 0 Å². The highest BCUT2D eigenvalue weighted by Gasteiger charge is 2.46. The summed E-state index contributed by atoms with van der Waals surface area (Å²) in [6.45, 7) is 8.69. The van der Waals surface area contributed by atoms with E-state index in [1.54, 1.807) is 11.8 Å². The summed E-state index contributed by atoms with van der Waals surface area (Å²) < 4.78 is 0.0959. The van der Waals surface area contributed by atoms with Crippen molar-refractivity contribution in [2.75, 3.05) is 11.1 Å². The summed E-state index contributed by atoms with van der Waals surface area (Å²) in [6, 6.07) is 13.2. The fourth-order valence-corrected chi connectivity index (χ4v) is 5.65. The Labute approximate surface area is 167 Å². The third-order valence-electron chi connectivity index (χ3n) is 6.02. The van der Waals surface area contributed by atoms with Crippen LogP contribution in [0.15, 0.2) is 36.4 Å². The Bertz CT molecular complexity index is 892. The average Bonchev–Trinajstić information content (AvgIpc) is 3.17. The smallest absolute Gasteiger partial charge is 0.234 e. The Kier molecular flexibility index (Phi) is 4.62. The molecule has 2 aliphatic carbocycles. The highest BCUT2D eigenvalue weighted by molar-refractivity contribution is 8.01. The van der Waals surface area contributed by atoms with Gasteiger partial charge < -0.3 is 5.32 Å². The van der Waals surface area contributed by atoms with Crippen LogP contribution in [0.5, 0.6) is 0 Å². The van der Waals surface area contributed by atoms with Crippen LogP contribution in [-0.2, 0) is 23.1 Å². The number of fused-ring (bicyclic) bond motifs is 4. The first-order chi connectivity index (χ1) is 12.8. The molecule has 3 heteroatoms. The predicted molar refractivity (Wildman–Crippen MR) is 116 cm³/mol. The van der Waals surface area contributed by atoms with Gasteiger partial charge in [-0.05, 0) is 66.5 Å². The molecule has 27 heavy (non-hydrogen) atoms. The van der Waals surface area contributed by atoms with Crippen molar-refractivity contribution in [3.63, 3.8) is 0 Å². The van der Waals surface area contributed by atoms with Gasteiger partial charge in [0.1, 0.15) is 0 Å². The molecule has 1 atom stereocenters. The lowest BCUT2D eigenvalue weighted by molar-refractivity contribution is -0.113. The molecule has 0 fully saturated rings. The van der Waals surface area contributed by atoms with Crippen LogP contribution in [0.1, 0.15) is 61.4 Å². The van der Waals surface area contributed by atoms with E-state index in [4.69, 9.17) is 0 Å². The van der Waals surface area contributed by atoms with Crippen LogP contribution in [0.25, 0.3) is 0 Å². The van der Waals surface area contributed by atoms with Crippen LogP contribution in [0.3, 0.4) is 0 Å². The molecule has 2 aromatic carbocycles. The molecule has 2 aliphatic rings. The minimum Gasteiger partial charge on any atom is -0.325 e. The molecule has 1 amide bonds. The molecule has 0 radical (unpaired) electrons. The Morgan fingerprint density at radius 2 is 1.67 bits per heavy atom.